The highest BCUT2D eigenvalue weighted by Gasteiger charge is 2.11. The number of rotatable bonds is 5. The molecule has 136 valence electrons. The summed E-state index contributed by atoms with van der Waals surface area (Å²) in [5.74, 6) is -1.39. The first kappa shape index (κ1) is 18.1. The summed E-state index contributed by atoms with van der Waals surface area (Å²) in [6, 6.07) is 13.7. The molecule has 7 heteroatoms. The van der Waals surface area contributed by atoms with Gasteiger partial charge in [0, 0.05) is 5.56 Å². The molecule has 1 heterocycles. The number of carboxylic acids is 1. The van der Waals surface area contributed by atoms with Crippen LogP contribution in [0.3, 0.4) is 0 Å². The van der Waals surface area contributed by atoms with E-state index in [0.29, 0.717) is 11.5 Å². The van der Waals surface area contributed by atoms with Gasteiger partial charge in [0.2, 0.25) is 0 Å². The van der Waals surface area contributed by atoms with Crippen molar-refractivity contribution in [1.29, 1.82) is 0 Å². The number of carbonyl (C=O) groups excluding carboxylic acids is 1. The fourth-order valence-corrected chi connectivity index (χ4v) is 2.50. The van der Waals surface area contributed by atoms with E-state index in [4.69, 9.17) is 9.52 Å². The Kier molecular flexibility index (Phi) is 5.12. The van der Waals surface area contributed by atoms with Crippen molar-refractivity contribution in [1.82, 2.24) is 5.43 Å². The quantitative estimate of drug-likeness (QED) is 0.530. The van der Waals surface area contributed by atoms with Gasteiger partial charge < -0.3 is 9.52 Å². The lowest BCUT2D eigenvalue weighted by Gasteiger charge is -2.04. The maximum absolute atomic E-state index is 13.5. The lowest BCUT2D eigenvalue weighted by molar-refractivity contribution is 0.0696. The number of furan rings is 1. The summed E-state index contributed by atoms with van der Waals surface area (Å²) in [5, 5.41) is 12.8. The Morgan fingerprint density at radius 1 is 1.15 bits per heavy atom. The first-order chi connectivity index (χ1) is 13.0. The highest BCUT2D eigenvalue weighted by Crippen LogP contribution is 2.26. The van der Waals surface area contributed by atoms with Crippen molar-refractivity contribution in [2.45, 2.75) is 6.92 Å². The second kappa shape index (κ2) is 7.65. The SMILES string of the molecule is Cc1cc(C(=O)O)ccc1-c1ccc(/C=N\NC(=O)c2ccccc2F)o1. The number of hydrogen-bond acceptors (Lipinski definition) is 4. The van der Waals surface area contributed by atoms with Gasteiger partial charge in [-0.15, -0.1) is 0 Å². The van der Waals surface area contributed by atoms with Gasteiger partial charge in [-0.05, 0) is 48.9 Å². The summed E-state index contributed by atoms with van der Waals surface area (Å²) in [4.78, 5) is 22.9. The molecular formula is C20H15FN2O4. The number of halogens is 1. The van der Waals surface area contributed by atoms with Crippen molar-refractivity contribution < 1.29 is 23.5 Å². The molecule has 1 amide bonds. The van der Waals surface area contributed by atoms with Crippen LogP contribution in [0.5, 0.6) is 0 Å². The molecule has 0 aliphatic carbocycles. The lowest BCUT2D eigenvalue weighted by atomic mass is 10.0. The van der Waals surface area contributed by atoms with E-state index in [2.05, 4.69) is 10.5 Å². The molecular weight excluding hydrogens is 351 g/mol. The fraction of sp³-hybridized carbons (Fsp3) is 0.0500. The number of carbonyl (C=O) groups is 2. The van der Waals surface area contributed by atoms with Crippen LogP contribution in [-0.2, 0) is 0 Å². The number of hydrazone groups is 1. The summed E-state index contributed by atoms with van der Waals surface area (Å²) in [6.45, 7) is 1.78. The molecule has 6 nitrogen and oxygen atoms in total. The Labute approximate surface area is 153 Å². The van der Waals surface area contributed by atoms with Crippen LogP contribution >= 0.6 is 0 Å². The van der Waals surface area contributed by atoms with Crippen LogP contribution in [0.2, 0.25) is 0 Å². The van der Waals surface area contributed by atoms with Crippen molar-refractivity contribution in [3.8, 4) is 11.3 Å². The Balaban J connectivity index is 1.71. The molecule has 0 atom stereocenters. The van der Waals surface area contributed by atoms with Gasteiger partial charge in [0.25, 0.3) is 5.91 Å². The van der Waals surface area contributed by atoms with Crippen molar-refractivity contribution in [2.24, 2.45) is 5.10 Å². The molecule has 0 spiro atoms. The van der Waals surface area contributed by atoms with E-state index in [-0.39, 0.29) is 11.1 Å². The number of hydrogen-bond donors (Lipinski definition) is 2. The first-order valence-corrected chi connectivity index (χ1v) is 7.98. The summed E-state index contributed by atoms with van der Waals surface area (Å²) in [5.41, 5.74) is 3.82. The average molecular weight is 366 g/mol. The molecule has 3 rings (SSSR count). The van der Waals surface area contributed by atoms with E-state index >= 15 is 0 Å². The highest BCUT2D eigenvalue weighted by atomic mass is 19.1. The van der Waals surface area contributed by atoms with Crippen molar-refractivity contribution in [2.75, 3.05) is 0 Å². The van der Waals surface area contributed by atoms with Gasteiger partial charge in [-0.3, -0.25) is 4.79 Å². The van der Waals surface area contributed by atoms with E-state index in [1.165, 1.54) is 30.5 Å². The molecule has 2 N–H and O–H groups in total. The van der Waals surface area contributed by atoms with Gasteiger partial charge in [-0.1, -0.05) is 18.2 Å². The molecule has 0 unspecified atom stereocenters. The summed E-state index contributed by atoms with van der Waals surface area (Å²) >= 11 is 0. The van der Waals surface area contributed by atoms with Crippen molar-refractivity contribution >= 4 is 18.1 Å². The number of amides is 1. The minimum Gasteiger partial charge on any atom is -0.478 e. The zero-order valence-corrected chi connectivity index (χ0v) is 14.3. The number of nitrogens with one attached hydrogen (secondary N) is 1. The number of benzene rings is 2. The Morgan fingerprint density at radius 3 is 2.63 bits per heavy atom. The largest absolute Gasteiger partial charge is 0.478 e. The monoisotopic (exact) mass is 366 g/mol. The van der Waals surface area contributed by atoms with Crippen LogP contribution < -0.4 is 5.43 Å². The van der Waals surface area contributed by atoms with Gasteiger partial charge in [-0.2, -0.15) is 5.10 Å². The molecule has 27 heavy (non-hydrogen) atoms. The molecule has 0 fully saturated rings. The molecule has 0 radical (unpaired) electrons. The summed E-state index contributed by atoms with van der Waals surface area (Å²) < 4.78 is 19.2. The minimum atomic E-state index is -0.998. The maximum Gasteiger partial charge on any atom is 0.335 e. The van der Waals surface area contributed by atoms with Crippen LogP contribution in [0, 0.1) is 12.7 Å². The normalized spacial score (nSPS) is 10.9. The molecule has 1 aromatic heterocycles. The van der Waals surface area contributed by atoms with Gasteiger partial charge >= 0.3 is 5.97 Å². The maximum atomic E-state index is 13.5. The van der Waals surface area contributed by atoms with Crippen LogP contribution in [0.4, 0.5) is 4.39 Å². The fourth-order valence-electron chi connectivity index (χ4n) is 2.50. The highest BCUT2D eigenvalue weighted by molar-refractivity contribution is 5.95. The molecule has 3 aromatic rings. The number of aromatic carboxylic acids is 1. The predicted octanol–water partition coefficient (Wildman–Crippen LogP) is 3.86. The summed E-state index contributed by atoms with van der Waals surface area (Å²) in [7, 11) is 0. The van der Waals surface area contributed by atoms with Gasteiger partial charge in [0.1, 0.15) is 17.3 Å². The molecule has 0 saturated carbocycles. The Bertz CT molecular complexity index is 1040. The van der Waals surface area contributed by atoms with E-state index in [1.807, 2.05) is 0 Å². The molecule has 0 bridgehead atoms. The minimum absolute atomic E-state index is 0.107. The van der Waals surface area contributed by atoms with E-state index in [0.717, 1.165) is 11.1 Å². The Hall–Kier alpha value is -3.74. The third kappa shape index (κ3) is 4.09. The predicted molar refractivity (Wildman–Crippen MR) is 97.3 cm³/mol. The zero-order valence-electron chi connectivity index (χ0n) is 14.3. The van der Waals surface area contributed by atoms with Gasteiger partial charge in [-0.25, -0.2) is 14.6 Å². The molecule has 2 aromatic carbocycles. The molecule has 0 saturated heterocycles. The molecule has 0 aliphatic rings. The third-order valence-corrected chi connectivity index (χ3v) is 3.84. The standard InChI is InChI=1S/C20H15FN2O4/c1-12-10-13(20(25)26)6-8-15(12)18-9-7-14(27-18)11-22-23-19(24)16-4-2-3-5-17(16)21/h2-11H,1H3,(H,23,24)(H,25,26)/b22-11-. The topological polar surface area (TPSA) is 91.9 Å². The van der Waals surface area contributed by atoms with Gasteiger partial charge in [0.05, 0.1) is 17.3 Å². The second-order valence-corrected chi connectivity index (χ2v) is 5.72. The second-order valence-electron chi connectivity index (χ2n) is 5.72. The third-order valence-electron chi connectivity index (χ3n) is 3.84. The van der Waals surface area contributed by atoms with E-state index in [1.54, 1.807) is 37.3 Å². The number of aryl methyl sites for hydroxylation is 1. The van der Waals surface area contributed by atoms with E-state index in [9.17, 15) is 14.0 Å². The van der Waals surface area contributed by atoms with E-state index < -0.39 is 17.7 Å². The van der Waals surface area contributed by atoms with Crippen LogP contribution in [-0.4, -0.2) is 23.2 Å². The lowest BCUT2D eigenvalue weighted by Crippen LogP contribution is -2.18. The van der Waals surface area contributed by atoms with Gasteiger partial charge in [0.15, 0.2) is 0 Å². The smallest absolute Gasteiger partial charge is 0.335 e. The average Bonchev–Trinajstić information content (AvgIpc) is 3.10. The first-order valence-electron chi connectivity index (χ1n) is 7.98. The van der Waals surface area contributed by atoms with Crippen LogP contribution in [0.1, 0.15) is 32.0 Å². The van der Waals surface area contributed by atoms with Crippen LogP contribution in [0.15, 0.2) is 64.1 Å². The number of carboxylic acid groups (broad SMARTS) is 1. The molecule has 0 aliphatic heterocycles. The van der Waals surface area contributed by atoms with Crippen LogP contribution in [0.25, 0.3) is 11.3 Å². The number of nitrogens with zero attached hydrogens (tertiary/aromatic N) is 1. The zero-order chi connectivity index (χ0) is 19.4. The van der Waals surface area contributed by atoms with Crippen molar-refractivity contribution in [3.63, 3.8) is 0 Å². The summed E-state index contributed by atoms with van der Waals surface area (Å²) in [6.07, 6.45) is 1.29. The Morgan fingerprint density at radius 2 is 1.93 bits per heavy atom. The van der Waals surface area contributed by atoms with Crippen molar-refractivity contribution in [3.05, 3.63) is 82.9 Å².